The van der Waals surface area contributed by atoms with Crippen LogP contribution in [0.15, 0.2) is 30.3 Å². The lowest BCUT2D eigenvalue weighted by molar-refractivity contribution is 0.204. The zero-order valence-electron chi connectivity index (χ0n) is 18.7. The van der Waals surface area contributed by atoms with Crippen LogP contribution in [0.2, 0.25) is 0 Å². The molecule has 1 aliphatic rings. The number of hydrogen-bond donors (Lipinski definition) is 0. The number of halogens is 4. The Morgan fingerprint density at radius 1 is 0.806 bits per heavy atom. The first kappa shape index (κ1) is 23.8. The van der Waals surface area contributed by atoms with Crippen LogP contribution >= 0.6 is 0 Å². The van der Waals surface area contributed by atoms with Gasteiger partial charge in [0.25, 0.3) is 0 Å². The summed E-state index contributed by atoms with van der Waals surface area (Å²) in [6, 6.07) is 6.47. The highest BCUT2D eigenvalue weighted by atomic mass is 19.2. The molecule has 0 nitrogen and oxygen atoms in total. The molecule has 0 N–H and O–H groups in total. The Morgan fingerprint density at radius 2 is 1.45 bits per heavy atom. The fraction of sp³-hybridized carbons (Fsp3) is 0.556. The molecule has 1 unspecified atom stereocenters. The Labute approximate surface area is 184 Å². The van der Waals surface area contributed by atoms with Crippen LogP contribution in [0, 0.1) is 41.0 Å². The number of aryl methyl sites for hydroxylation is 1. The molecule has 1 saturated carbocycles. The van der Waals surface area contributed by atoms with E-state index in [9.17, 15) is 17.6 Å². The highest BCUT2D eigenvalue weighted by Gasteiger charge is 2.25. The van der Waals surface area contributed by atoms with Crippen LogP contribution in [0.1, 0.15) is 75.5 Å². The zero-order chi connectivity index (χ0) is 22.4. The molecule has 4 heteroatoms. The SMILES string of the molecule is CCCCC1CCC(C(C)Cc2cc(F)c(CCc3ccc(F)c(F)c3)c(F)c2)CC1. The van der Waals surface area contributed by atoms with Gasteiger partial charge in [0.05, 0.1) is 0 Å². The van der Waals surface area contributed by atoms with Crippen LogP contribution in [0.5, 0.6) is 0 Å². The van der Waals surface area contributed by atoms with Gasteiger partial charge in [-0.05, 0) is 85.3 Å². The van der Waals surface area contributed by atoms with E-state index in [-0.39, 0.29) is 18.4 Å². The smallest absolute Gasteiger partial charge is 0.159 e. The molecule has 0 spiro atoms. The molecule has 1 atom stereocenters. The molecule has 3 rings (SSSR count). The fourth-order valence-corrected chi connectivity index (χ4v) is 5.05. The van der Waals surface area contributed by atoms with Crippen LogP contribution in [0.3, 0.4) is 0 Å². The maximum Gasteiger partial charge on any atom is 0.159 e. The van der Waals surface area contributed by atoms with E-state index in [1.807, 2.05) is 0 Å². The molecular formula is C27H34F4. The molecule has 0 aliphatic heterocycles. The topological polar surface area (TPSA) is 0 Å². The summed E-state index contributed by atoms with van der Waals surface area (Å²) in [7, 11) is 0. The second kappa shape index (κ2) is 11.2. The molecule has 0 saturated heterocycles. The van der Waals surface area contributed by atoms with Crippen molar-refractivity contribution in [3.63, 3.8) is 0 Å². The van der Waals surface area contributed by atoms with Crippen molar-refractivity contribution in [3.8, 4) is 0 Å². The summed E-state index contributed by atoms with van der Waals surface area (Å²) in [6.45, 7) is 4.43. The van der Waals surface area contributed by atoms with Crippen LogP contribution < -0.4 is 0 Å². The van der Waals surface area contributed by atoms with Gasteiger partial charge in [0.15, 0.2) is 11.6 Å². The van der Waals surface area contributed by atoms with Gasteiger partial charge in [0.1, 0.15) is 11.6 Å². The molecule has 0 amide bonds. The molecule has 1 aliphatic carbocycles. The van der Waals surface area contributed by atoms with E-state index < -0.39 is 23.3 Å². The van der Waals surface area contributed by atoms with Gasteiger partial charge in [0.2, 0.25) is 0 Å². The molecule has 2 aromatic carbocycles. The largest absolute Gasteiger partial charge is 0.207 e. The fourth-order valence-electron chi connectivity index (χ4n) is 5.05. The van der Waals surface area contributed by atoms with E-state index in [1.54, 1.807) is 0 Å². The van der Waals surface area contributed by atoms with Crippen LogP contribution in [-0.4, -0.2) is 0 Å². The molecule has 2 aromatic rings. The summed E-state index contributed by atoms with van der Waals surface area (Å²) in [6.07, 6.45) is 9.93. The Balaban J connectivity index is 1.56. The van der Waals surface area contributed by atoms with E-state index in [2.05, 4.69) is 13.8 Å². The Kier molecular flexibility index (Phi) is 8.57. The number of benzene rings is 2. The third-order valence-electron chi connectivity index (χ3n) is 7.07. The van der Waals surface area contributed by atoms with E-state index in [4.69, 9.17) is 0 Å². The van der Waals surface area contributed by atoms with Crippen LogP contribution in [-0.2, 0) is 19.3 Å². The van der Waals surface area contributed by atoms with Crippen LogP contribution in [0.25, 0.3) is 0 Å². The van der Waals surface area contributed by atoms with Gasteiger partial charge in [-0.15, -0.1) is 0 Å². The van der Waals surface area contributed by atoms with Gasteiger partial charge < -0.3 is 0 Å². The number of hydrogen-bond acceptors (Lipinski definition) is 0. The van der Waals surface area contributed by atoms with E-state index >= 15 is 0 Å². The average molecular weight is 435 g/mol. The van der Waals surface area contributed by atoms with Gasteiger partial charge in [-0.2, -0.15) is 0 Å². The van der Waals surface area contributed by atoms with Gasteiger partial charge in [-0.25, -0.2) is 17.6 Å². The summed E-state index contributed by atoms with van der Waals surface area (Å²) >= 11 is 0. The van der Waals surface area contributed by atoms with E-state index in [0.717, 1.165) is 18.1 Å². The Morgan fingerprint density at radius 3 is 2.06 bits per heavy atom. The van der Waals surface area contributed by atoms with Gasteiger partial charge in [-0.3, -0.25) is 0 Å². The molecule has 0 aromatic heterocycles. The summed E-state index contributed by atoms with van der Waals surface area (Å²) in [4.78, 5) is 0. The third kappa shape index (κ3) is 6.57. The van der Waals surface area contributed by atoms with Crippen molar-refractivity contribution in [1.82, 2.24) is 0 Å². The van der Waals surface area contributed by atoms with Crippen molar-refractivity contribution in [1.29, 1.82) is 0 Å². The second-order valence-corrected chi connectivity index (χ2v) is 9.39. The van der Waals surface area contributed by atoms with Crippen LogP contribution in [0.4, 0.5) is 17.6 Å². The minimum absolute atomic E-state index is 0.0116. The first-order valence-electron chi connectivity index (χ1n) is 11.8. The lowest BCUT2D eigenvalue weighted by Gasteiger charge is -2.32. The Bertz CT molecular complexity index is 829. The molecule has 0 bridgehead atoms. The quantitative estimate of drug-likeness (QED) is 0.349. The zero-order valence-corrected chi connectivity index (χ0v) is 18.7. The number of unbranched alkanes of at least 4 members (excludes halogenated alkanes) is 1. The highest BCUT2D eigenvalue weighted by Crippen LogP contribution is 2.37. The molecule has 0 heterocycles. The maximum absolute atomic E-state index is 14.6. The summed E-state index contributed by atoms with van der Waals surface area (Å²) in [5.74, 6) is -1.08. The van der Waals surface area contributed by atoms with E-state index in [1.165, 1.54) is 63.1 Å². The summed E-state index contributed by atoms with van der Waals surface area (Å²) in [5, 5.41) is 0. The van der Waals surface area contributed by atoms with Crippen molar-refractivity contribution in [3.05, 3.63) is 70.3 Å². The Hall–Kier alpha value is -1.84. The van der Waals surface area contributed by atoms with Crippen molar-refractivity contribution >= 4 is 0 Å². The molecule has 170 valence electrons. The second-order valence-electron chi connectivity index (χ2n) is 9.39. The van der Waals surface area contributed by atoms with Crippen molar-refractivity contribution in [2.24, 2.45) is 17.8 Å². The predicted molar refractivity (Wildman–Crippen MR) is 118 cm³/mol. The molecule has 31 heavy (non-hydrogen) atoms. The van der Waals surface area contributed by atoms with Gasteiger partial charge >= 0.3 is 0 Å². The molecule has 1 fully saturated rings. The summed E-state index contributed by atoms with van der Waals surface area (Å²) < 4.78 is 55.7. The van der Waals surface area contributed by atoms with Crippen molar-refractivity contribution < 1.29 is 17.6 Å². The lowest BCUT2D eigenvalue weighted by atomic mass is 9.73. The van der Waals surface area contributed by atoms with E-state index in [0.29, 0.717) is 29.4 Å². The third-order valence-corrected chi connectivity index (χ3v) is 7.07. The number of rotatable bonds is 9. The predicted octanol–water partition coefficient (Wildman–Crippen LogP) is 8.20. The highest BCUT2D eigenvalue weighted by molar-refractivity contribution is 5.28. The first-order chi connectivity index (χ1) is 14.9. The normalized spacial score (nSPS) is 20.1. The van der Waals surface area contributed by atoms with Crippen molar-refractivity contribution in [2.45, 2.75) is 78.1 Å². The molecular weight excluding hydrogens is 400 g/mol. The standard InChI is InChI=1S/C27H34F4/c1-3-4-5-19-6-10-22(11-7-19)18(2)14-21-16-25(29)23(26(30)17-21)12-8-20-9-13-24(28)27(31)15-20/h9,13,15-19,22H,3-8,10-12,14H2,1-2H3. The van der Waals surface area contributed by atoms with Gasteiger partial charge in [0, 0.05) is 5.56 Å². The lowest BCUT2D eigenvalue weighted by Crippen LogP contribution is -2.21. The molecule has 0 radical (unpaired) electrons. The average Bonchev–Trinajstić information content (AvgIpc) is 2.74. The van der Waals surface area contributed by atoms with Gasteiger partial charge in [-0.1, -0.05) is 52.0 Å². The summed E-state index contributed by atoms with van der Waals surface area (Å²) in [5.41, 5.74) is 1.23. The van der Waals surface area contributed by atoms with Crippen molar-refractivity contribution in [2.75, 3.05) is 0 Å². The maximum atomic E-state index is 14.6. The minimum Gasteiger partial charge on any atom is -0.207 e. The first-order valence-corrected chi connectivity index (χ1v) is 11.8. The monoisotopic (exact) mass is 434 g/mol. The minimum atomic E-state index is -0.942.